The van der Waals surface area contributed by atoms with E-state index in [1.165, 1.54) is 0 Å². The van der Waals surface area contributed by atoms with Gasteiger partial charge in [0.2, 0.25) is 11.8 Å². The molecular formula is C21H30N2O6. The van der Waals surface area contributed by atoms with E-state index in [0.717, 1.165) is 32.1 Å². The van der Waals surface area contributed by atoms with Crippen molar-refractivity contribution in [1.29, 1.82) is 0 Å². The SMILES string of the molecule is O=C(NCCO)[C@H]1CCCN1C(=O)C1=C[C@H]2OC(C3CC3)(C3CC3)O[C@H]2[C@H](O)C1. The lowest BCUT2D eigenvalue weighted by Gasteiger charge is -2.30. The van der Waals surface area contributed by atoms with Crippen molar-refractivity contribution in [3.05, 3.63) is 11.6 Å². The Kier molecular flexibility index (Phi) is 4.93. The first-order valence-electron chi connectivity index (χ1n) is 11.0. The van der Waals surface area contributed by atoms with Crippen LogP contribution in [-0.2, 0) is 19.1 Å². The van der Waals surface area contributed by atoms with Crippen LogP contribution in [0.5, 0.6) is 0 Å². The fourth-order valence-electron chi connectivity index (χ4n) is 5.23. The molecule has 3 N–H and O–H groups in total. The van der Waals surface area contributed by atoms with E-state index in [1.807, 2.05) is 6.08 Å². The second-order valence-electron chi connectivity index (χ2n) is 9.07. The normalized spacial score (nSPS) is 35.9. The molecular weight excluding hydrogens is 376 g/mol. The molecule has 2 heterocycles. The van der Waals surface area contributed by atoms with Gasteiger partial charge in [-0.2, -0.15) is 0 Å². The highest BCUT2D eigenvalue weighted by Gasteiger charge is 2.64. The molecule has 2 amide bonds. The Morgan fingerprint density at radius 1 is 1.17 bits per heavy atom. The number of hydrogen-bond acceptors (Lipinski definition) is 6. The molecule has 8 heteroatoms. The monoisotopic (exact) mass is 406 g/mol. The van der Waals surface area contributed by atoms with Gasteiger partial charge in [0.25, 0.3) is 0 Å². The molecule has 0 bridgehead atoms. The summed E-state index contributed by atoms with van der Waals surface area (Å²) in [4.78, 5) is 27.2. The van der Waals surface area contributed by atoms with Gasteiger partial charge in [0.15, 0.2) is 5.79 Å². The minimum Gasteiger partial charge on any atom is -0.395 e. The van der Waals surface area contributed by atoms with E-state index < -0.39 is 30.1 Å². The molecule has 2 saturated carbocycles. The molecule has 0 aromatic carbocycles. The molecule has 0 aromatic rings. The van der Waals surface area contributed by atoms with Crippen molar-refractivity contribution < 1.29 is 29.3 Å². The highest BCUT2D eigenvalue weighted by molar-refractivity contribution is 5.97. The third kappa shape index (κ3) is 3.40. The smallest absolute Gasteiger partial charge is 0.250 e. The largest absolute Gasteiger partial charge is 0.395 e. The zero-order chi connectivity index (χ0) is 20.2. The van der Waals surface area contributed by atoms with Crippen molar-refractivity contribution in [2.45, 2.75) is 75.1 Å². The van der Waals surface area contributed by atoms with Crippen LogP contribution in [0.4, 0.5) is 0 Å². The Bertz CT molecular complexity index is 704. The van der Waals surface area contributed by atoms with Crippen LogP contribution < -0.4 is 5.32 Å². The molecule has 2 saturated heterocycles. The van der Waals surface area contributed by atoms with Crippen LogP contribution in [0.1, 0.15) is 44.9 Å². The van der Waals surface area contributed by atoms with Gasteiger partial charge in [0.05, 0.1) is 12.7 Å². The summed E-state index contributed by atoms with van der Waals surface area (Å²) in [7, 11) is 0. The number of amides is 2. The maximum absolute atomic E-state index is 13.2. The summed E-state index contributed by atoms with van der Waals surface area (Å²) in [5.41, 5.74) is 0.506. The molecule has 0 unspecified atom stereocenters. The third-order valence-corrected chi connectivity index (χ3v) is 6.93. The summed E-state index contributed by atoms with van der Waals surface area (Å²) in [5.74, 6) is -0.215. The summed E-state index contributed by atoms with van der Waals surface area (Å²) in [6.45, 7) is 0.565. The van der Waals surface area contributed by atoms with Gasteiger partial charge >= 0.3 is 0 Å². The van der Waals surface area contributed by atoms with Gasteiger partial charge in [-0.25, -0.2) is 0 Å². The van der Waals surface area contributed by atoms with Gasteiger partial charge in [-0.15, -0.1) is 0 Å². The maximum atomic E-state index is 13.2. The van der Waals surface area contributed by atoms with Gasteiger partial charge in [0.1, 0.15) is 18.2 Å². The van der Waals surface area contributed by atoms with Crippen molar-refractivity contribution in [1.82, 2.24) is 10.2 Å². The van der Waals surface area contributed by atoms with Crippen LogP contribution in [-0.4, -0.2) is 76.8 Å². The first-order chi connectivity index (χ1) is 14.0. The molecule has 2 aliphatic heterocycles. The molecule has 160 valence electrons. The topological polar surface area (TPSA) is 108 Å². The number of likely N-dealkylation sites (tertiary alicyclic amines) is 1. The lowest BCUT2D eigenvalue weighted by Crippen LogP contribution is -2.48. The van der Waals surface area contributed by atoms with E-state index in [2.05, 4.69) is 5.32 Å². The van der Waals surface area contributed by atoms with Crippen molar-refractivity contribution >= 4 is 11.8 Å². The lowest BCUT2D eigenvalue weighted by atomic mass is 9.91. The zero-order valence-corrected chi connectivity index (χ0v) is 16.6. The third-order valence-electron chi connectivity index (χ3n) is 6.93. The van der Waals surface area contributed by atoms with Gasteiger partial charge in [-0.05, 0) is 44.6 Å². The number of nitrogens with zero attached hydrogens (tertiary/aromatic N) is 1. The van der Waals surface area contributed by atoms with Crippen LogP contribution in [0.2, 0.25) is 0 Å². The predicted octanol–water partition coefficient (Wildman–Crippen LogP) is 0.0772. The minimum absolute atomic E-state index is 0.131. The Morgan fingerprint density at radius 2 is 1.90 bits per heavy atom. The van der Waals surface area contributed by atoms with Crippen LogP contribution in [0.3, 0.4) is 0 Å². The number of ether oxygens (including phenoxy) is 2. The highest BCUT2D eigenvalue weighted by atomic mass is 16.8. The Morgan fingerprint density at radius 3 is 2.55 bits per heavy atom. The van der Waals surface area contributed by atoms with Gasteiger partial charge in [0, 0.05) is 36.9 Å². The molecule has 0 spiro atoms. The number of carbonyl (C=O) groups is 2. The Balaban J connectivity index is 1.32. The maximum Gasteiger partial charge on any atom is 0.250 e. The number of aliphatic hydroxyl groups excluding tert-OH is 2. The Hall–Kier alpha value is -1.48. The highest BCUT2D eigenvalue weighted by Crippen LogP contribution is 2.59. The number of fused-ring (bicyclic) bond motifs is 1. The zero-order valence-electron chi connectivity index (χ0n) is 16.6. The molecule has 29 heavy (non-hydrogen) atoms. The van der Waals surface area contributed by atoms with E-state index in [1.54, 1.807) is 4.90 Å². The molecule has 0 aromatic heterocycles. The lowest BCUT2D eigenvalue weighted by molar-refractivity contribution is -0.209. The van der Waals surface area contributed by atoms with Gasteiger partial charge < -0.3 is 29.9 Å². The van der Waals surface area contributed by atoms with Crippen molar-refractivity contribution in [2.75, 3.05) is 19.7 Å². The summed E-state index contributed by atoms with van der Waals surface area (Å²) in [6.07, 6.45) is 6.18. The van der Waals surface area contributed by atoms with Crippen molar-refractivity contribution in [2.24, 2.45) is 11.8 Å². The van der Waals surface area contributed by atoms with E-state index in [-0.39, 0.29) is 31.4 Å². The van der Waals surface area contributed by atoms with Crippen molar-refractivity contribution in [3.63, 3.8) is 0 Å². The molecule has 0 radical (unpaired) electrons. The summed E-state index contributed by atoms with van der Waals surface area (Å²) >= 11 is 0. The number of rotatable bonds is 6. The Labute approximate surface area is 170 Å². The number of hydrogen-bond donors (Lipinski definition) is 3. The summed E-state index contributed by atoms with van der Waals surface area (Å²) < 4.78 is 12.7. The second-order valence-corrected chi connectivity index (χ2v) is 9.07. The fraction of sp³-hybridized carbons (Fsp3) is 0.810. The summed E-state index contributed by atoms with van der Waals surface area (Å²) in [5, 5.41) is 22.3. The molecule has 4 atom stereocenters. The van der Waals surface area contributed by atoms with Crippen molar-refractivity contribution in [3.8, 4) is 0 Å². The van der Waals surface area contributed by atoms with Crippen LogP contribution in [0.15, 0.2) is 11.6 Å². The van der Waals surface area contributed by atoms with E-state index in [0.29, 0.717) is 30.4 Å². The van der Waals surface area contributed by atoms with Crippen LogP contribution in [0.25, 0.3) is 0 Å². The molecule has 8 nitrogen and oxygen atoms in total. The standard InChI is InChI=1S/C21H30N2O6/c24-9-7-22-19(26)15-2-1-8-23(15)20(27)12-10-16(25)18-17(11-12)28-21(29-18,13-3-4-13)14-5-6-14/h11,13-18,24-25H,1-10H2,(H,22,26)/t15-,16-,17-,18+/m1/s1. The summed E-state index contributed by atoms with van der Waals surface area (Å²) in [6, 6.07) is -0.525. The number of aliphatic hydroxyl groups is 2. The molecule has 4 fully saturated rings. The molecule has 5 aliphatic rings. The van der Waals surface area contributed by atoms with Crippen LogP contribution >= 0.6 is 0 Å². The predicted molar refractivity (Wildman–Crippen MR) is 101 cm³/mol. The second kappa shape index (κ2) is 7.34. The van der Waals surface area contributed by atoms with Gasteiger partial charge in [-0.1, -0.05) is 0 Å². The van der Waals surface area contributed by atoms with Gasteiger partial charge in [-0.3, -0.25) is 9.59 Å². The number of nitrogens with one attached hydrogen (secondary N) is 1. The first-order valence-corrected chi connectivity index (χ1v) is 11.0. The number of carbonyl (C=O) groups excluding carboxylic acids is 2. The minimum atomic E-state index is -0.785. The average Bonchev–Trinajstić information content (AvgIpc) is 3.65. The first kappa shape index (κ1) is 19.5. The van der Waals surface area contributed by atoms with E-state index >= 15 is 0 Å². The van der Waals surface area contributed by atoms with E-state index in [4.69, 9.17) is 14.6 Å². The molecule has 5 rings (SSSR count). The molecule has 3 aliphatic carbocycles. The quantitative estimate of drug-likeness (QED) is 0.576. The fourth-order valence-corrected chi connectivity index (χ4v) is 5.23. The van der Waals surface area contributed by atoms with E-state index in [9.17, 15) is 14.7 Å². The van der Waals surface area contributed by atoms with Crippen LogP contribution in [0, 0.1) is 11.8 Å². The average molecular weight is 406 g/mol.